The normalized spacial score (nSPS) is 15.6. The highest BCUT2D eigenvalue weighted by Crippen LogP contribution is 2.31. The zero-order valence-corrected chi connectivity index (χ0v) is 17.7. The van der Waals surface area contributed by atoms with Gasteiger partial charge in [0, 0.05) is 30.2 Å². The maximum atomic E-state index is 14.4. The maximum absolute atomic E-state index is 14.4. The Balaban J connectivity index is 1.16. The van der Waals surface area contributed by atoms with E-state index in [4.69, 9.17) is 9.47 Å². The smallest absolute Gasteiger partial charge is 0.319 e. The minimum atomic E-state index is -0.373. The van der Waals surface area contributed by atoms with E-state index >= 15 is 0 Å². The van der Waals surface area contributed by atoms with E-state index in [9.17, 15) is 9.18 Å². The summed E-state index contributed by atoms with van der Waals surface area (Å²) in [5.74, 6) is 0.304. The number of carbonyl (C=O) groups is 1. The number of anilines is 1. The first-order valence-corrected chi connectivity index (χ1v) is 11.3. The Bertz CT molecular complexity index is 870. The molecule has 0 saturated carbocycles. The number of ether oxygens (including phenoxy) is 2. The highest BCUT2D eigenvalue weighted by molar-refractivity contribution is 7.10. The molecule has 9 heteroatoms. The second kappa shape index (κ2) is 10.1. The van der Waals surface area contributed by atoms with E-state index < -0.39 is 0 Å². The number of nitrogens with one attached hydrogen (secondary N) is 2. The number of urea groups is 1. The van der Waals surface area contributed by atoms with E-state index in [1.54, 1.807) is 12.1 Å². The van der Waals surface area contributed by atoms with Crippen LogP contribution in [0.15, 0.2) is 18.2 Å². The van der Waals surface area contributed by atoms with Gasteiger partial charge in [-0.25, -0.2) is 9.18 Å². The van der Waals surface area contributed by atoms with Gasteiger partial charge in [-0.3, -0.25) is 5.32 Å². The first-order chi connectivity index (χ1) is 14.7. The lowest BCUT2D eigenvalue weighted by atomic mass is 10.1. The molecule has 3 heterocycles. The van der Waals surface area contributed by atoms with E-state index in [0.717, 1.165) is 42.9 Å². The topological polar surface area (TPSA) is 75.7 Å². The molecule has 0 bridgehead atoms. The number of unbranched alkanes of at least 4 members (excludes halogenated alkanes) is 1. The van der Waals surface area contributed by atoms with Gasteiger partial charge in [-0.2, -0.15) is 4.37 Å². The van der Waals surface area contributed by atoms with E-state index in [1.165, 1.54) is 25.9 Å². The van der Waals surface area contributed by atoms with E-state index in [2.05, 4.69) is 19.9 Å². The Morgan fingerprint density at radius 1 is 1.30 bits per heavy atom. The van der Waals surface area contributed by atoms with Crippen molar-refractivity contribution >= 4 is 22.6 Å². The van der Waals surface area contributed by atoms with Crippen molar-refractivity contribution in [1.82, 2.24) is 14.6 Å². The molecular weight excluding hydrogens is 407 g/mol. The van der Waals surface area contributed by atoms with Gasteiger partial charge < -0.3 is 19.7 Å². The fraction of sp³-hybridized carbons (Fsp3) is 0.524. The number of nitrogens with zero attached hydrogens (tertiary/aromatic N) is 2. The van der Waals surface area contributed by atoms with Crippen molar-refractivity contribution < 1.29 is 18.7 Å². The molecule has 162 valence electrons. The van der Waals surface area contributed by atoms with Crippen LogP contribution >= 0.6 is 11.5 Å². The molecule has 1 aromatic carbocycles. The highest BCUT2D eigenvalue weighted by atomic mass is 32.1. The third-order valence-corrected chi connectivity index (χ3v) is 6.05. The van der Waals surface area contributed by atoms with Gasteiger partial charge in [0.2, 0.25) is 5.88 Å². The van der Waals surface area contributed by atoms with Gasteiger partial charge in [-0.1, -0.05) is 12.1 Å². The monoisotopic (exact) mass is 434 g/mol. The zero-order valence-electron chi connectivity index (χ0n) is 16.9. The van der Waals surface area contributed by atoms with Crippen LogP contribution in [0.4, 0.5) is 14.2 Å². The molecule has 1 aromatic heterocycles. The quantitative estimate of drug-likeness (QED) is 0.588. The average molecular weight is 435 g/mol. The number of rotatable bonds is 9. The van der Waals surface area contributed by atoms with Crippen molar-refractivity contribution in [1.29, 1.82) is 0 Å². The summed E-state index contributed by atoms with van der Waals surface area (Å²) in [6.07, 6.45) is 5.38. The number of carbonyl (C=O) groups excluding carboxylic acids is 1. The summed E-state index contributed by atoms with van der Waals surface area (Å²) < 4.78 is 29.5. The van der Waals surface area contributed by atoms with Crippen LogP contribution in [0.25, 0.3) is 0 Å². The van der Waals surface area contributed by atoms with Crippen molar-refractivity contribution in [3.05, 3.63) is 35.1 Å². The summed E-state index contributed by atoms with van der Waals surface area (Å²) in [5.41, 5.74) is 1.31. The van der Waals surface area contributed by atoms with Crippen molar-refractivity contribution in [2.45, 2.75) is 38.7 Å². The van der Waals surface area contributed by atoms with Gasteiger partial charge >= 0.3 is 6.03 Å². The molecule has 1 saturated heterocycles. The summed E-state index contributed by atoms with van der Waals surface area (Å²) in [6, 6.07) is 4.96. The molecule has 0 atom stereocenters. The fourth-order valence-corrected chi connectivity index (χ4v) is 4.31. The molecule has 2 N–H and O–H groups in total. The minimum absolute atomic E-state index is 0.0505. The first kappa shape index (κ1) is 20.9. The summed E-state index contributed by atoms with van der Waals surface area (Å²) in [7, 11) is 0. The van der Waals surface area contributed by atoms with Crippen LogP contribution in [-0.4, -0.2) is 48.1 Å². The lowest BCUT2D eigenvalue weighted by molar-refractivity contribution is 0.251. The number of aromatic nitrogens is 1. The standard InChI is InChI=1S/C21H27FN4O3S/c22-19-16(6-5-15-7-12-28-20(15)19)14-29-17-13-18(30-25-17)24-21(27)23-8-1-2-9-26-10-3-4-11-26/h5-6,13H,1-4,7-12,14H2,(H2,23,24,27). The lowest BCUT2D eigenvalue weighted by Crippen LogP contribution is -2.29. The summed E-state index contributed by atoms with van der Waals surface area (Å²) in [6.45, 7) is 4.72. The fourth-order valence-electron chi connectivity index (χ4n) is 3.73. The Kier molecular flexibility index (Phi) is 7.01. The molecule has 0 radical (unpaired) electrons. The van der Waals surface area contributed by atoms with Crippen LogP contribution in [0.3, 0.4) is 0 Å². The summed E-state index contributed by atoms with van der Waals surface area (Å²) in [4.78, 5) is 14.5. The maximum Gasteiger partial charge on any atom is 0.319 e. The Hall–Kier alpha value is -2.39. The van der Waals surface area contributed by atoms with Crippen LogP contribution in [0.1, 0.15) is 36.8 Å². The van der Waals surface area contributed by atoms with E-state index in [1.807, 2.05) is 6.07 Å². The molecule has 0 unspecified atom stereocenters. The molecule has 0 spiro atoms. The van der Waals surface area contributed by atoms with Crippen LogP contribution in [-0.2, 0) is 13.0 Å². The predicted molar refractivity (Wildman–Crippen MR) is 114 cm³/mol. The largest absolute Gasteiger partial charge is 0.490 e. The SMILES string of the molecule is O=C(NCCCCN1CCCC1)Nc1cc(OCc2ccc3c(c2F)OCC3)ns1. The van der Waals surface area contributed by atoms with E-state index in [0.29, 0.717) is 35.3 Å². The predicted octanol–water partition coefficient (Wildman–Crippen LogP) is 3.79. The number of benzene rings is 1. The molecule has 4 rings (SSSR count). The molecule has 2 aliphatic heterocycles. The van der Waals surface area contributed by atoms with Gasteiger partial charge in [0.1, 0.15) is 11.6 Å². The summed E-state index contributed by atoms with van der Waals surface area (Å²) >= 11 is 1.13. The number of likely N-dealkylation sites (tertiary alicyclic amines) is 1. The van der Waals surface area contributed by atoms with Gasteiger partial charge in [0.15, 0.2) is 11.6 Å². The second-order valence-electron chi connectivity index (χ2n) is 7.58. The molecule has 0 aliphatic carbocycles. The third kappa shape index (κ3) is 5.40. The molecular formula is C21H27FN4O3S. The molecule has 2 amide bonds. The number of hydrogen-bond acceptors (Lipinski definition) is 6. The molecule has 2 aromatic rings. The van der Waals surface area contributed by atoms with Crippen molar-refractivity contribution in [2.24, 2.45) is 0 Å². The van der Waals surface area contributed by atoms with Crippen molar-refractivity contribution in [3.63, 3.8) is 0 Å². The number of fused-ring (bicyclic) bond motifs is 1. The van der Waals surface area contributed by atoms with Gasteiger partial charge in [-0.15, -0.1) is 0 Å². The zero-order chi connectivity index (χ0) is 20.8. The van der Waals surface area contributed by atoms with Gasteiger partial charge in [0.25, 0.3) is 0 Å². The van der Waals surface area contributed by atoms with Gasteiger partial charge in [-0.05, 0) is 56.9 Å². The molecule has 7 nitrogen and oxygen atoms in total. The number of amides is 2. The summed E-state index contributed by atoms with van der Waals surface area (Å²) in [5, 5.41) is 6.20. The van der Waals surface area contributed by atoms with Crippen LogP contribution < -0.4 is 20.1 Å². The molecule has 1 fully saturated rings. The third-order valence-electron chi connectivity index (χ3n) is 5.36. The minimum Gasteiger partial charge on any atom is -0.490 e. The van der Waals surface area contributed by atoms with Crippen LogP contribution in [0.5, 0.6) is 11.6 Å². The molecule has 2 aliphatic rings. The van der Waals surface area contributed by atoms with Crippen molar-refractivity contribution in [3.8, 4) is 11.6 Å². The van der Waals surface area contributed by atoms with E-state index in [-0.39, 0.29) is 18.5 Å². The molecule has 30 heavy (non-hydrogen) atoms. The van der Waals surface area contributed by atoms with Crippen LogP contribution in [0, 0.1) is 5.82 Å². The highest BCUT2D eigenvalue weighted by Gasteiger charge is 2.20. The number of halogens is 1. The Morgan fingerprint density at radius 2 is 2.17 bits per heavy atom. The Morgan fingerprint density at radius 3 is 3.03 bits per heavy atom. The average Bonchev–Trinajstić information content (AvgIpc) is 3.49. The van der Waals surface area contributed by atoms with Gasteiger partial charge in [0.05, 0.1) is 6.61 Å². The van der Waals surface area contributed by atoms with Crippen LogP contribution in [0.2, 0.25) is 0 Å². The number of hydrogen-bond donors (Lipinski definition) is 2. The Labute approximate surface area is 179 Å². The van der Waals surface area contributed by atoms with Crippen molar-refractivity contribution in [2.75, 3.05) is 38.1 Å². The first-order valence-electron chi connectivity index (χ1n) is 10.5. The second-order valence-corrected chi connectivity index (χ2v) is 8.39. The lowest BCUT2D eigenvalue weighted by Gasteiger charge is -2.14.